The molecule has 8 heteroatoms. The molecule has 1 unspecified atom stereocenters. The number of hydrogen-bond acceptors (Lipinski definition) is 5. The van der Waals surface area contributed by atoms with Crippen molar-refractivity contribution >= 4 is 21.2 Å². The Morgan fingerprint density at radius 1 is 1.48 bits per heavy atom. The van der Waals surface area contributed by atoms with E-state index in [1.54, 1.807) is 0 Å². The van der Waals surface area contributed by atoms with Crippen molar-refractivity contribution in [3.63, 3.8) is 0 Å². The Balaban J connectivity index is 2.16. The number of aromatic nitrogens is 2. The first-order chi connectivity index (χ1) is 9.87. The molecule has 6 nitrogen and oxygen atoms in total. The molecule has 0 aromatic carbocycles. The summed E-state index contributed by atoms with van der Waals surface area (Å²) in [5, 5.41) is 0. The van der Waals surface area contributed by atoms with E-state index < -0.39 is 22.0 Å². The Hall–Kier alpha value is -1.80. The van der Waals surface area contributed by atoms with Gasteiger partial charge in [0.15, 0.2) is 0 Å². The highest BCUT2D eigenvalue weighted by molar-refractivity contribution is 7.85. The molecule has 0 N–H and O–H groups in total. The third kappa shape index (κ3) is 2.56. The lowest BCUT2D eigenvalue weighted by Crippen LogP contribution is -2.32. The van der Waals surface area contributed by atoms with Crippen LogP contribution in [-0.2, 0) is 20.7 Å². The van der Waals surface area contributed by atoms with Crippen molar-refractivity contribution in [1.29, 1.82) is 0 Å². The maximum absolute atomic E-state index is 13.9. The molecule has 2 aromatic heterocycles. The van der Waals surface area contributed by atoms with E-state index in [1.165, 1.54) is 16.7 Å². The van der Waals surface area contributed by atoms with Gasteiger partial charge < -0.3 is 4.57 Å². The average molecular weight is 312 g/mol. The topological polar surface area (TPSA) is 78.3 Å². The van der Waals surface area contributed by atoms with Gasteiger partial charge in [-0.15, -0.1) is 0 Å². The Morgan fingerprint density at radius 2 is 2.24 bits per heavy atom. The summed E-state index contributed by atoms with van der Waals surface area (Å²) in [4.78, 5) is 16.1. The Morgan fingerprint density at radius 3 is 2.95 bits per heavy atom. The molecule has 0 spiro atoms. The molecule has 0 saturated carbocycles. The number of nitrogens with zero attached hydrogens (tertiary/aromatic N) is 2. The zero-order valence-electron chi connectivity index (χ0n) is 11.2. The van der Waals surface area contributed by atoms with Crippen molar-refractivity contribution in [2.75, 3.05) is 12.9 Å². The van der Waals surface area contributed by atoms with Crippen LogP contribution in [0, 0.1) is 5.82 Å². The highest BCUT2D eigenvalue weighted by Crippen LogP contribution is 2.30. The smallest absolute Gasteiger partial charge is 0.264 e. The highest BCUT2D eigenvalue weighted by atomic mass is 32.2. The molecule has 1 atom stereocenters. The van der Waals surface area contributed by atoms with Crippen molar-refractivity contribution in [3.05, 3.63) is 40.1 Å². The van der Waals surface area contributed by atoms with Crippen molar-refractivity contribution in [3.8, 4) is 0 Å². The summed E-state index contributed by atoms with van der Waals surface area (Å²) in [6.45, 7) is -0.145. The molecule has 0 aliphatic carbocycles. The van der Waals surface area contributed by atoms with Crippen LogP contribution in [0.4, 0.5) is 4.39 Å². The molecule has 0 saturated heterocycles. The molecule has 0 bridgehead atoms. The van der Waals surface area contributed by atoms with Gasteiger partial charge in [-0.25, -0.2) is 4.39 Å². The van der Waals surface area contributed by atoms with Crippen LogP contribution in [0.5, 0.6) is 0 Å². The lowest BCUT2D eigenvalue weighted by molar-refractivity contribution is 0.244. The number of aryl methyl sites for hydroxylation is 1. The second-order valence-electron chi connectivity index (χ2n) is 5.04. The van der Waals surface area contributed by atoms with Crippen LogP contribution in [0.15, 0.2) is 23.1 Å². The maximum Gasteiger partial charge on any atom is 0.264 e. The van der Waals surface area contributed by atoms with Crippen LogP contribution in [-0.4, -0.2) is 30.8 Å². The first-order valence-electron chi connectivity index (χ1n) is 6.40. The summed E-state index contributed by atoms with van der Waals surface area (Å²) in [7, 11) is -3.60. The standard InChI is InChI=1S/C13H13FN2O4S/c1-21(18,19)20-7-8-2-3-9-10(14)6-15-11-4-5-12(17)16(8)13(9)11/h4-6,8H,2-3,7H2,1H3. The van der Waals surface area contributed by atoms with Crippen LogP contribution in [0.1, 0.15) is 18.0 Å². The van der Waals surface area contributed by atoms with Gasteiger partial charge >= 0.3 is 0 Å². The Bertz CT molecular complexity index is 876. The summed E-state index contributed by atoms with van der Waals surface area (Å²) in [6.07, 6.45) is 2.93. The number of hydrogen-bond donors (Lipinski definition) is 0. The van der Waals surface area contributed by atoms with Gasteiger partial charge in [-0.2, -0.15) is 8.42 Å². The van der Waals surface area contributed by atoms with Crippen molar-refractivity contribution in [1.82, 2.24) is 9.55 Å². The van der Waals surface area contributed by atoms with Gasteiger partial charge in [-0.1, -0.05) is 0 Å². The molecule has 0 radical (unpaired) electrons. The number of rotatable bonds is 3. The Kier molecular flexibility index (Phi) is 3.29. The van der Waals surface area contributed by atoms with Gasteiger partial charge in [0.25, 0.3) is 15.7 Å². The van der Waals surface area contributed by atoms with E-state index in [-0.39, 0.29) is 12.2 Å². The zero-order chi connectivity index (χ0) is 15.2. The normalized spacial score (nSPS) is 18.1. The van der Waals surface area contributed by atoms with Crippen molar-refractivity contribution < 1.29 is 17.0 Å². The first-order valence-corrected chi connectivity index (χ1v) is 8.21. The first kappa shape index (κ1) is 14.2. The predicted molar refractivity (Wildman–Crippen MR) is 74.1 cm³/mol. The van der Waals surface area contributed by atoms with Gasteiger partial charge in [-0.3, -0.25) is 14.0 Å². The van der Waals surface area contributed by atoms with E-state index >= 15 is 0 Å². The maximum atomic E-state index is 13.9. The van der Waals surface area contributed by atoms with Gasteiger partial charge in [0, 0.05) is 11.6 Å². The van der Waals surface area contributed by atoms with E-state index in [9.17, 15) is 17.6 Å². The van der Waals surface area contributed by atoms with Gasteiger partial charge in [0.05, 0.1) is 36.1 Å². The van der Waals surface area contributed by atoms with Crippen molar-refractivity contribution in [2.24, 2.45) is 0 Å². The molecular formula is C13H13FN2O4S. The SMILES string of the molecule is CS(=O)(=O)OCC1CCc2c(F)cnc3ccc(=O)n1c23. The van der Waals surface area contributed by atoms with Crippen LogP contribution in [0.3, 0.4) is 0 Å². The molecule has 21 heavy (non-hydrogen) atoms. The van der Waals surface area contributed by atoms with Gasteiger partial charge in [0.1, 0.15) is 5.82 Å². The fourth-order valence-corrected chi connectivity index (χ4v) is 3.07. The molecule has 0 fully saturated rings. The van der Waals surface area contributed by atoms with E-state index in [0.29, 0.717) is 29.4 Å². The number of halogens is 1. The fraction of sp³-hybridized carbons (Fsp3) is 0.385. The van der Waals surface area contributed by atoms with Crippen LogP contribution in [0.25, 0.3) is 11.0 Å². The van der Waals surface area contributed by atoms with Gasteiger partial charge in [0.2, 0.25) is 0 Å². The summed E-state index contributed by atoms with van der Waals surface area (Å²) in [5.41, 5.74) is 1.05. The van der Waals surface area contributed by atoms with E-state index in [0.717, 1.165) is 12.5 Å². The summed E-state index contributed by atoms with van der Waals surface area (Å²) < 4.78 is 42.3. The van der Waals surface area contributed by atoms with E-state index in [4.69, 9.17) is 4.18 Å². The summed E-state index contributed by atoms with van der Waals surface area (Å²) >= 11 is 0. The molecule has 1 aliphatic rings. The third-order valence-corrected chi connectivity index (χ3v) is 4.13. The van der Waals surface area contributed by atoms with E-state index in [1.807, 2.05) is 0 Å². The largest absolute Gasteiger partial charge is 0.301 e. The average Bonchev–Trinajstić information content (AvgIpc) is 2.42. The second-order valence-corrected chi connectivity index (χ2v) is 6.69. The van der Waals surface area contributed by atoms with E-state index in [2.05, 4.69) is 4.98 Å². The molecule has 3 rings (SSSR count). The molecule has 3 heterocycles. The molecule has 0 amide bonds. The second kappa shape index (κ2) is 4.88. The summed E-state index contributed by atoms with van der Waals surface area (Å²) in [6, 6.07) is 2.43. The molecule has 112 valence electrons. The van der Waals surface area contributed by atoms with Crippen molar-refractivity contribution in [2.45, 2.75) is 18.9 Å². The third-order valence-electron chi connectivity index (χ3n) is 3.56. The van der Waals surface area contributed by atoms with Crippen LogP contribution < -0.4 is 5.56 Å². The van der Waals surface area contributed by atoms with Gasteiger partial charge in [-0.05, 0) is 18.9 Å². The van der Waals surface area contributed by atoms with Crippen LogP contribution in [0.2, 0.25) is 0 Å². The summed E-state index contributed by atoms with van der Waals surface area (Å²) in [5.74, 6) is -0.454. The molecule has 2 aromatic rings. The monoisotopic (exact) mass is 312 g/mol. The highest BCUT2D eigenvalue weighted by Gasteiger charge is 2.26. The lowest BCUT2D eigenvalue weighted by Gasteiger charge is -2.27. The predicted octanol–water partition coefficient (Wildman–Crippen LogP) is 0.999. The number of pyridine rings is 2. The molecule has 1 aliphatic heterocycles. The fourth-order valence-electron chi connectivity index (χ4n) is 2.66. The quantitative estimate of drug-likeness (QED) is 0.790. The lowest BCUT2D eigenvalue weighted by atomic mass is 9.98. The minimum atomic E-state index is -3.60. The molecular weight excluding hydrogens is 299 g/mol. The minimum Gasteiger partial charge on any atom is -0.301 e. The Labute approximate surface area is 120 Å². The van der Waals surface area contributed by atoms with Crippen LogP contribution >= 0.6 is 0 Å². The zero-order valence-corrected chi connectivity index (χ0v) is 12.1. The minimum absolute atomic E-state index is 0.145.